The third-order valence-corrected chi connectivity index (χ3v) is 5.52. The van der Waals surface area contributed by atoms with E-state index in [1.165, 1.54) is 51.5 Å². The van der Waals surface area contributed by atoms with Crippen molar-refractivity contribution in [2.75, 3.05) is 53.9 Å². The van der Waals surface area contributed by atoms with Gasteiger partial charge in [-0.25, -0.2) is 0 Å². The zero-order chi connectivity index (χ0) is 16.5. The highest BCUT2D eigenvalue weighted by Crippen LogP contribution is 2.26. The predicted molar refractivity (Wildman–Crippen MR) is 115 cm³/mol. The first-order valence-electron chi connectivity index (χ1n) is 9.52. The van der Waals surface area contributed by atoms with Gasteiger partial charge in [0.2, 0.25) is 0 Å². The molecule has 0 amide bonds. The zero-order valence-corrected chi connectivity index (χ0v) is 18.2. The molecule has 1 saturated carbocycles. The van der Waals surface area contributed by atoms with Crippen LogP contribution in [0.15, 0.2) is 4.99 Å². The lowest BCUT2D eigenvalue weighted by Crippen LogP contribution is -2.55. The fraction of sp³-hybridized carbons (Fsp3) is 0.944. The number of hydrogen-bond donors (Lipinski definition) is 2. The first-order valence-corrected chi connectivity index (χ1v) is 9.52. The van der Waals surface area contributed by atoms with Crippen LogP contribution in [0, 0.1) is 5.92 Å². The Morgan fingerprint density at radius 1 is 1.08 bits per heavy atom. The summed E-state index contributed by atoms with van der Waals surface area (Å²) in [7, 11) is 6.30. The number of likely N-dealkylation sites (N-methyl/N-ethyl adjacent to an activating group) is 2. The molecule has 6 heteroatoms. The number of nitrogens with one attached hydrogen (secondary N) is 2. The van der Waals surface area contributed by atoms with E-state index in [9.17, 15) is 0 Å². The number of halogens is 1. The van der Waals surface area contributed by atoms with Gasteiger partial charge in [0.25, 0.3) is 0 Å². The molecule has 2 rings (SSSR count). The van der Waals surface area contributed by atoms with E-state index in [2.05, 4.69) is 39.5 Å². The molecule has 1 aliphatic heterocycles. The first-order chi connectivity index (χ1) is 11.2. The Morgan fingerprint density at radius 3 is 2.54 bits per heavy atom. The fourth-order valence-electron chi connectivity index (χ4n) is 3.83. The Kier molecular flexibility index (Phi) is 11.3. The van der Waals surface area contributed by atoms with E-state index in [0.29, 0.717) is 6.04 Å². The molecule has 0 aromatic heterocycles. The Balaban J connectivity index is 0.00000288. The molecule has 2 aliphatic rings. The molecule has 0 aromatic rings. The molecule has 1 heterocycles. The number of rotatable bonds is 6. The first kappa shape index (κ1) is 22.0. The van der Waals surface area contributed by atoms with Crippen LogP contribution in [0.2, 0.25) is 0 Å². The summed E-state index contributed by atoms with van der Waals surface area (Å²) in [4.78, 5) is 9.22. The van der Waals surface area contributed by atoms with Crippen LogP contribution >= 0.6 is 24.0 Å². The van der Waals surface area contributed by atoms with Gasteiger partial charge in [-0.3, -0.25) is 9.89 Å². The highest BCUT2D eigenvalue weighted by molar-refractivity contribution is 14.0. The fourth-order valence-corrected chi connectivity index (χ4v) is 3.83. The van der Waals surface area contributed by atoms with Crippen molar-refractivity contribution in [1.29, 1.82) is 0 Å². The molecule has 1 atom stereocenters. The van der Waals surface area contributed by atoms with Gasteiger partial charge in [0.1, 0.15) is 0 Å². The van der Waals surface area contributed by atoms with E-state index in [1.807, 2.05) is 7.05 Å². The Hall–Kier alpha value is -0.0800. The average Bonchev–Trinajstić information content (AvgIpc) is 2.58. The van der Waals surface area contributed by atoms with Crippen LogP contribution in [0.5, 0.6) is 0 Å². The second kappa shape index (κ2) is 12.3. The Labute approximate surface area is 166 Å². The Bertz CT molecular complexity index is 357. The van der Waals surface area contributed by atoms with Crippen molar-refractivity contribution in [3.05, 3.63) is 0 Å². The van der Waals surface area contributed by atoms with Gasteiger partial charge in [-0.1, -0.05) is 32.1 Å². The molecule has 0 bridgehead atoms. The van der Waals surface area contributed by atoms with Gasteiger partial charge in [-0.05, 0) is 32.9 Å². The molecule has 0 spiro atoms. The lowest BCUT2D eigenvalue weighted by Gasteiger charge is -2.37. The zero-order valence-electron chi connectivity index (χ0n) is 15.9. The van der Waals surface area contributed by atoms with Crippen LogP contribution in [0.25, 0.3) is 0 Å². The molecule has 5 nitrogen and oxygen atoms in total. The van der Waals surface area contributed by atoms with E-state index in [-0.39, 0.29) is 24.0 Å². The van der Waals surface area contributed by atoms with Crippen LogP contribution in [0.3, 0.4) is 0 Å². The number of guanidine groups is 1. The molecule has 2 fully saturated rings. The maximum Gasteiger partial charge on any atom is 0.191 e. The minimum absolute atomic E-state index is 0. The topological polar surface area (TPSA) is 42.9 Å². The minimum atomic E-state index is 0. The largest absolute Gasteiger partial charge is 0.356 e. The highest BCUT2D eigenvalue weighted by atomic mass is 127. The lowest BCUT2D eigenvalue weighted by atomic mass is 9.86. The summed E-state index contributed by atoms with van der Waals surface area (Å²) in [5.41, 5.74) is 0. The van der Waals surface area contributed by atoms with Gasteiger partial charge in [0.15, 0.2) is 5.96 Å². The van der Waals surface area contributed by atoms with Gasteiger partial charge < -0.3 is 15.5 Å². The molecule has 2 N–H and O–H groups in total. The number of hydrogen-bond acceptors (Lipinski definition) is 3. The van der Waals surface area contributed by atoms with Crippen LogP contribution in [0.4, 0.5) is 0 Å². The van der Waals surface area contributed by atoms with Gasteiger partial charge in [0.05, 0.1) is 0 Å². The van der Waals surface area contributed by atoms with Gasteiger partial charge in [-0.15, -0.1) is 24.0 Å². The minimum Gasteiger partial charge on any atom is -0.356 e. The van der Waals surface area contributed by atoms with Crippen molar-refractivity contribution in [2.45, 2.75) is 51.0 Å². The summed E-state index contributed by atoms with van der Waals surface area (Å²) in [6, 6.07) is 0.564. The molecule has 142 valence electrons. The Morgan fingerprint density at radius 2 is 1.83 bits per heavy atom. The van der Waals surface area contributed by atoms with Crippen LogP contribution in [0.1, 0.15) is 44.9 Å². The normalized spacial score (nSPS) is 24.5. The van der Waals surface area contributed by atoms with Crippen LogP contribution in [-0.2, 0) is 0 Å². The quantitative estimate of drug-likeness (QED) is 0.282. The SMILES string of the molecule is CN=C(NCCCC1CCCCC1)NCC1CN(C)CCN1C.I. The standard InChI is InChI=1S/C18H37N5.HI/c1-19-18(20-11-7-10-16-8-5-4-6-9-16)21-14-17-15-22(2)12-13-23(17)3;/h16-17H,4-15H2,1-3H3,(H2,19,20,21);1H. The molecular formula is C18H38IN5. The molecule has 1 aliphatic carbocycles. The van der Waals surface area contributed by atoms with Crippen molar-refractivity contribution in [3.63, 3.8) is 0 Å². The van der Waals surface area contributed by atoms with E-state index in [1.54, 1.807) is 0 Å². The van der Waals surface area contributed by atoms with Gasteiger partial charge in [0, 0.05) is 45.8 Å². The lowest BCUT2D eigenvalue weighted by molar-refractivity contribution is 0.116. The number of nitrogens with zero attached hydrogens (tertiary/aromatic N) is 3. The smallest absolute Gasteiger partial charge is 0.191 e. The predicted octanol–water partition coefficient (Wildman–Crippen LogP) is 2.38. The van der Waals surface area contributed by atoms with Crippen molar-refractivity contribution < 1.29 is 0 Å². The van der Waals surface area contributed by atoms with Crippen molar-refractivity contribution >= 4 is 29.9 Å². The summed E-state index contributed by atoms with van der Waals surface area (Å²) >= 11 is 0. The second-order valence-electron chi connectivity index (χ2n) is 7.42. The molecule has 0 radical (unpaired) electrons. The average molecular weight is 451 g/mol. The van der Waals surface area contributed by atoms with Crippen LogP contribution < -0.4 is 10.6 Å². The van der Waals surface area contributed by atoms with Gasteiger partial charge >= 0.3 is 0 Å². The van der Waals surface area contributed by atoms with E-state index < -0.39 is 0 Å². The summed E-state index contributed by atoms with van der Waals surface area (Å²) in [5.74, 6) is 1.93. The number of piperazine rings is 1. The van der Waals surface area contributed by atoms with Crippen molar-refractivity contribution in [2.24, 2.45) is 10.9 Å². The third-order valence-electron chi connectivity index (χ3n) is 5.52. The maximum absolute atomic E-state index is 4.36. The molecule has 1 saturated heterocycles. The molecule has 1 unspecified atom stereocenters. The molecule has 0 aromatic carbocycles. The summed E-state index contributed by atoms with van der Waals surface area (Å²) in [5, 5.41) is 6.98. The van der Waals surface area contributed by atoms with Gasteiger partial charge in [-0.2, -0.15) is 0 Å². The molecular weight excluding hydrogens is 413 g/mol. The third kappa shape index (κ3) is 7.87. The molecule has 24 heavy (non-hydrogen) atoms. The summed E-state index contributed by atoms with van der Waals surface area (Å²) in [6.45, 7) is 5.44. The van der Waals surface area contributed by atoms with Crippen molar-refractivity contribution in [3.8, 4) is 0 Å². The summed E-state index contributed by atoms with van der Waals surface area (Å²) < 4.78 is 0. The van der Waals surface area contributed by atoms with E-state index in [4.69, 9.17) is 0 Å². The highest BCUT2D eigenvalue weighted by Gasteiger charge is 2.22. The maximum atomic E-state index is 4.36. The van der Waals surface area contributed by atoms with E-state index in [0.717, 1.165) is 38.1 Å². The number of aliphatic imine (C=N–C) groups is 1. The second-order valence-corrected chi connectivity index (χ2v) is 7.42. The van der Waals surface area contributed by atoms with E-state index >= 15 is 0 Å². The van der Waals surface area contributed by atoms with Crippen molar-refractivity contribution in [1.82, 2.24) is 20.4 Å². The van der Waals surface area contributed by atoms with Crippen LogP contribution in [-0.4, -0.2) is 75.7 Å². The monoisotopic (exact) mass is 451 g/mol. The summed E-state index contributed by atoms with van der Waals surface area (Å²) in [6.07, 6.45) is 9.89.